The summed E-state index contributed by atoms with van der Waals surface area (Å²) in [6.07, 6.45) is 2.56. The van der Waals surface area contributed by atoms with Crippen LogP contribution in [0, 0.1) is 0 Å². The number of hydrogen-bond donors (Lipinski definition) is 0. The smallest absolute Gasteiger partial charge is 0.149 e. The molecule has 1 aliphatic rings. The van der Waals surface area contributed by atoms with Crippen molar-refractivity contribution in [2.75, 3.05) is 13.2 Å². The molecule has 0 atom stereocenters. The van der Waals surface area contributed by atoms with E-state index in [4.69, 9.17) is 13.6 Å². The van der Waals surface area contributed by atoms with Crippen molar-refractivity contribution >= 4 is 59.8 Å². The molecule has 4 heteroatoms. The third-order valence-corrected chi connectivity index (χ3v) is 6.09. The van der Waals surface area contributed by atoms with Crippen LogP contribution in [0.5, 0.6) is 0 Å². The Morgan fingerprint density at radius 3 is 1.50 bits per heavy atom. The van der Waals surface area contributed by atoms with Gasteiger partial charge in [-0.1, -0.05) is 66.7 Å². The normalized spacial score (nSPS) is 13.2. The minimum atomic E-state index is 0.925. The highest BCUT2D eigenvalue weighted by molar-refractivity contribution is 9.10. The maximum absolute atomic E-state index is 5.74. The molecule has 0 N–H and O–H groups in total. The van der Waals surface area contributed by atoms with Gasteiger partial charge in [-0.3, -0.25) is 0 Å². The molecule has 4 aromatic carbocycles. The molecule has 1 saturated heterocycles. The Kier molecular flexibility index (Phi) is 6.24. The van der Waals surface area contributed by atoms with Crippen molar-refractivity contribution in [2.45, 2.75) is 12.8 Å². The van der Waals surface area contributed by atoms with Crippen molar-refractivity contribution in [2.24, 2.45) is 0 Å². The first-order valence-electron chi connectivity index (χ1n) is 10.8. The molecule has 32 heavy (non-hydrogen) atoms. The summed E-state index contributed by atoms with van der Waals surface area (Å²) in [6.45, 7) is 2.00. The third-order valence-electron chi connectivity index (χ3n) is 5.47. The predicted molar refractivity (Wildman–Crippen MR) is 135 cm³/mol. The van der Waals surface area contributed by atoms with Gasteiger partial charge in [0, 0.05) is 34.8 Å². The van der Waals surface area contributed by atoms with Crippen molar-refractivity contribution in [3.8, 4) is 0 Å². The summed E-state index contributed by atoms with van der Waals surface area (Å²) in [4.78, 5) is 0. The summed E-state index contributed by atoms with van der Waals surface area (Å²) in [7, 11) is 0. The quantitative estimate of drug-likeness (QED) is 0.215. The van der Waals surface area contributed by atoms with Crippen LogP contribution in [0.15, 0.2) is 104 Å². The number of ether oxygens (including phenoxy) is 1. The van der Waals surface area contributed by atoms with E-state index >= 15 is 0 Å². The summed E-state index contributed by atoms with van der Waals surface area (Å²) in [5, 5.41) is 4.72. The lowest BCUT2D eigenvalue weighted by atomic mass is 10.2. The first-order valence-corrected chi connectivity index (χ1v) is 11.6. The number of halogens is 1. The minimum Gasteiger partial charge on any atom is -0.456 e. The van der Waals surface area contributed by atoms with Gasteiger partial charge in [-0.05, 0) is 53.0 Å². The van der Waals surface area contributed by atoms with Crippen LogP contribution in [0.4, 0.5) is 0 Å². The zero-order valence-corrected chi connectivity index (χ0v) is 19.2. The van der Waals surface area contributed by atoms with Gasteiger partial charge in [0.1, 0.15) is 22.3 Å². The van der Waals surface area contributed by atoms with Gasteiger partial charge < -0.3 is 13.6 Å². The zero-order chi connectivity index (χ0) is 21.8. The van der Waals surface area contributed by atoms with E-state index in [1.165, 1.54) is 29.0 Å². The van der Waals surface area contributed by atoms with Crippen LogP contribution in [0.3, 0.4) is 0 Å². The van der Waals surface area contributed by atoms with Gasteiger partial charge >= 0.3 is 0 Å². The largest absolute Gasteiger partial charge is 0.456 e. The van der Waals surface area contributed by atoms with Gasteiger partial charge in [-0.15, -0.1) is 0 Å². The maximum atomic E-state index is 5.74. The van der Waals surface area contributed by atoms with E-state index < -0.39 is 0 Å². The second-order valence-electron chi connectivity index (χ2n) is 7.63. The van der Waals surface area contributed by atoms with Gasteiger partial charge in [-0.25, -0.2) is 0 Å². The third kappa shape index (κ3) is 4.29. The molecule has 7 rings (SSSR count). The van der Waals surface area contributed by atoms with E-state index in [1.54, 1.807) is 0 Å². The first-order chi connectivity index (χ1) is 15.8. The molecule has 0 aliphatic carbocycles. The summed E-state index contributed by atoms with van der Waals surface area (Å²) in [5.41, 5.74) is 3.79. The Morgan fingerprint density at radius 1 is 0.500 bits per heavy atom. The summed E-state index contributed by atoms with van der Waals surface area (Å²) in [6, 6.07) is 30.4. The van der Waals surface area contributed by atoms with Crippen molar-refractivity contribution in [3.05, 3.63) is 95.5 Å². The van der Waals surface area contributed by atoms with Gasteiger partial charge in [0.15, 0.2) is 0 Å². The highest BCUT2D eigenvalue weighted by atomic mass is 79.9. The standard InChI is InChI=1S/C12H7BrO.C12H8O.C4H8O/c13-10-6-3-5-9-8-4-1-2-7-11(8)14-12(9)10;1-3-7-11-9(5-1)10-6-2-4-8-12(10)13-11;1-2-4-5-3-1/h1-7H;1-8H;1-4H2. The Hall–Kier alpha value is -3.08. The lowest BCUT2D eigenvalue weighted by Gasteiger charge is -1.89. The van der Waals surface area contributed by atoms with Crippen LogP contribution in [0.1, 0.15) is 12.8 Å². The summed E-state index contributed by atoms with van der Waals surface area (Å²) in [5.74, 6) is 0. The SMILES string of the molecule is Brc1cccc2c1oc1ccccc12.C1CCOC1.c1ccc2c(c1)oc1ccccc12. The molecule has 3 nitrogen and oxygen atoms in total. The molecule has 0 spiro atoms. The number of hydrogen-bond acceptors (Lipinski definition) is 3. The number of furan rings is 2. The van der Waals surface area contributed by atoms with Crippen molar-refractivity contribution in [1.82, 2.24) is 0 Å². The van der Waals surface area contributed by atoms with Crippen molar-refractivity contribution < 1.29 is 13.6 Å². The molecular formula is C28H23BrO3. The zero-order valence-electron chi connectivity index (χ0n) is 17.6. The van der Waals surface area contributed by atoms with Crippen molar-refractivity contribution in [3.63, 3.8) is 0 Å². The molecule has 6 aromatic rings. The Bertz CT molecular complexity index is 1420. The van der Waals surface area contributed by atoms with E-state index in [1.807, 2.05) is 66.7 Å². The average molecular weight is 487 g/mol. The van der Waals surface area contributed by atoms with E-state index in [-0.39, 0.29) is 0 Å². The fourth-order valence-electron chi connectivity index (χ4n) is 3.90. The fraction of sp³-hybridized carbons (Fsp3) is 0.143. The predicted octanol–water partition coefficient (Wildman–Crippen LogP) is 8.73. The molecular weight excluding hydrogens is 464 g/mol. The summed E-state index contributed by atoms with van der Waals surface area (Å²) >= 11 is 3.48. The van der Waals surface area contributed by atoms with Crippen molar-refractivity contribution in [1.29, 1.82) is 0 Å². The van der Waals surface area contributed by atoms with E-state index in [0.717, 1.165) is 45.4 Å². The highest BCUT2D eigenvalue weighted by Gasteiger charge is 2.07. The number of para-hydroxylation sites is 4. The lowest BCUT2D eigenvalue weighted by molar-refractivity contribution is 0.198. The number of rotatable bonds is 0. The van der Waals surface area contributed by atoms with Crippen LogP contribution in [0.25, 0.3) is 43.9 Å². The van der Waals surface area contributed by atoms with Crippen LogP contribution in [-0.2, 0) is 4.74 Å². The molecule has 3 heterocycles. The molecule has 2 aromatic heterocycles. The Balaban J connectivity index is 0.000000112. The van der Waals surface area contributed by atoms with E-state index in [9.17, 15) is 0 Å². The summed E-state index contributed by atoms with van der Waals surface area (Å²) < 4.78 is 17.3. The molecule has 1 fully saturated rings. The Labute approximate surface area is 194 Å². The van der Waals surface area contributed by atoms with E-state index in [0.29, 0.717) is 0 Å². The topological polar surface area (TPSA) is 35.5 Å². The second kappa shape index (κ2) is 9.60. The molecule has 0 unspecified atom stereocenters. The first kappa shape index (κ1) is 20.8. The van der Waals surface area contributed by atoms with Crippen LogP contribution >= 0.6 is 15.9 Å². The number of benzene rings is 4. The van der Waals surface area contributed by atoms with E-state index in [2.05, 4.69) is 40.2 Å². The minimum absolute atomic E-state index is 0.925. The molecule has 160 valence electrons. The van der Waals surface area contributed by atoms with Gasteiger partial charge in [0.05, 0.1) is 4.47 Å². The average Bonchev–Trinajstić information content (AvgIpc) is 3.59. The highest BCUT2D eigenvalue weighted by Crippen LogP contribution is 2.32. The van der Waals surface area contributed by atoms with Crippen LogP contribution < -0.4 is 0 Å². The van der Waals surface area contributed by atoms with Gasteiger partial charge in [0.25, 0.3) is 0 Å². The lowest BCUT2D eigenvalue weighted by Crippen LogP contribution is -1.74. The Morgan fingerprint density at radius 2 is 0.969 bits per heavy atom. The number of fused-ring (bicyclic) bond motifs is 6. The molecule has 1 aliphatic heterocycles. The van der Waals surface area contributed by atoms with Crippen LogP contribution in [-0.4, -0.2) is 13.2 Å². The second-order valence-corrected chi connectivity index (χ2v) is 8.48. The van der Waals surface area contributed by atoms with Gasteiger partial charge in [-0.2, -0.15) is 0 Å². The molecule has 0 radical (unpaired) electrons. The molecule has 0 saturated carbocycles. The molecule has 0 bridgehead atoms. The maximum Gasteiger partial charge on any atom is 0.149 e. The molecule has 0 amide bonds. The monoisotopic (exact) mass is 486 g/mol. The van der Waals surface area contributed by atoms with Gasteiger partial charge in [0.2, 0.25) is 0 Å². The van der Waals surface area contributed by atoms with Crippen LogP contribution in [0.2, 0.25) is 0 Å². The fourth-order valence-corrected chi connectivity index (χ4v) is 4.34.